The molecule has 0 aliphatic rings. The van der Waals surface area contributed by atoms with Crippen LogP contribution < -0.4 is 0 Å². The zero-order valence-corrected chi connectivity index (χ0v) is 6.86. The fraction of sp³-hybridized carbons (Fsp3) is 0.250. The van der Waals surface area contributed by atoms with E-state index in [-0.39, 0.29) is 6.42 Å². The highest BCUT2D eigenvalue weighted by molar-refractivity contribution is 5.79. The van der Waals surface area contributed by atoms with Gasteiger partial charge < -0.3 is 10.2 Å². The maximum Gasteiger partial charge on any atom is 0.327 e. The molecule has 0 atom stereocenters. The topological polar surface area (TPSA) is 74.6 Å². The molecular weight excluding hydrogens is 160 g/mol. The van der Waals surface area contributed by atoms with E-state index in [4.69, 9.17) is 10.2 Å². The van der Waals surface area contributed by atoms with Crippen LogP contribution in [-0.4, -0.2) is 22.2 Å². The van der Waals surface area contributed by atoms with Gasteiger partial charge in [-0.3, -0.25) is 4.79 Å². The van der Waals surface area contributed by atoms with Crippen molar-refractivity contribution in [2.45, 2.75) is 13.3 Å². The van der Waals surface area contributed by atoms with Crippen molar-refractivity contribution in [3.8, 4) is 0 Å². The Morgan fingerprint density at radius 1 is 1.42 bits per heavy atom. The Hall–Kier alpha value is -1.58. The normalized spacial score (nSPS) is 8.42. The van der Waals surface area contributed by atoms with Gasteiger partial charge in [0.15, 0.2) is 0 Å². The first kappa shape index (κ1) is 13.0. The molecule has 12 heavy (non-hydrogen) atoms. The van der Waals surface area contributed by atoms with Crippen LogP contribution in [0.15, 0.2) is 24.8 Å². The molecule has 0 aromatic rings. The predicted octanol–water partition coefficient (Wildman–Crippen LogP) is 1.29. The van der Waals surface area contributed by atoms with Gasteiger partial charge in [-0.05, 0) is 6.92 Å². The average Bonchev–Trinajstić information content (AvgIpc) is 1.87. The van der Waals surface area contributed by atoms with E-state index >= 15 is 0 Å². The minimum absolute atomic E-state index is 0.0556. The molecule has 68 valence electrons. The van der Waals surface area contributed by atoms with E-state index in [1.807, 2.05) is 0 Å². The van der Waals surface area contributed by atoms with Crippen LogP contribution in [0.5, 0.6) is 0 Å². The second-order valence-electron chi connectivity index (χ2n) is 1.72. The fourth-order valence-electron chi connectivity index (χ4n) is 0.266. The number of aliphatic carboxylic acids is 2. The van der Waals surface area contributed by atoms with Crippen LogP contribution in [0.4, 0.5) is 0 Å². The first-order chi connectivity index (χ1) is 5.54. The molecule has 0 bridgehead atoms. The summed E-state index contributed by atoms with van der Waals surface area (Å²) in [6, 6.07) is 0. The third kappa shape index (κ3) is 23.7. The van der Waals surface area contributed by atoms with E-state index in [2.05, 4.69) is 6.58 Å². The molecule has 0 radical (unpaired) electrons. The summed E-state index contributed by atoms with van der Waals surface area (Å²) in [4.78, 5) is 19.0. The lowest BCUT2D eigenvalue weighted by atomic mass is 10.4. The van der Waals surface area contributed by atoms with Gasteiger partial charge in [0.1, 0.15) is 0 Å². The van der Waals surface area contributed by atoms with Crippen LogP contribution in [0.3, 0.4) is 0 Å². The minimum Gasteiger partial charge on any atom is -0.481 e. The van der Waals surface area contributed by atoms with Crippen LogP contribution in [-0.2, 0) is 9.59 Å². The molecular formula is C8H12O4. The predicted molar refractivity (Wildman–Crippen MR) is 44.9 cm³/mol. The standard InChI is InChI=1S/2C4H6O2/c2*1-2-3-4(5)6/h2-3H,1H3,(H,5,6);2H,1,3H2,(H,5,6). The molecule has 0 aliphatic heterocycles. The molecule has 0 rings (SSSR count). The average molecular weight is 172 g/mol. The Bertz CT molecular complexity index is 181. The molecule has 0 amide bonds. The molecule has 2 N–H and O–H groups in total. The quantitative estimate of drug-likeness (QED) is 0.497. The number of hydrogen-bond acceptors (Lipinski definition) is 2. The fourth-order valence-corrected chi connectivity index (χ4v) is 0.266. The van der Waals surface area contributed by atoms with Crippen molar-refractivity contribution in [1.82, 2.24) is 0 Å². The highest BCUT2D eigenvalue weighted by Crippen LogP contribution is 1.74. The van der Waals surface area contributed by atoms with Crippen LogP contribution in [0.25, 0.3) is 0 Å². The molecule has 0 aromatic carbocycles. The van der Waals surface area contributed by atoms with E-state index in [9.17, 15) is 9.59 Å². The number of carboxylic acids is 2. The number of allylic oxidation sites excluding steroid dienone is 1. The summed E-state index contributed by atoms with van der Waals surface area (Å²) in [5.74, 6) is -1.72. The van der Waals surface area contributed by atoms with Crippen molar-refractivity contribution in [1.29, 1.82) is 0 Å². The van der Waals surface area contributed by atoms with Crippen LogP contribution >= 0.6 is 0 Å². The summed E-state index contributed by atoms with van der Waals surface area (Å²) >= 11 is 0. The summed E-state index contributed by atoms with van der Waals surface area (Å²) in [6.45, 7) is 4.88. The Kier molecular flexibility index (Phi) is 10.2. The number of hydrogen-bond donors (Lipinski definition) is 2. The summed E-state index contributed by atoms with van der Waals surface area (Å²) in [5, 5.41) is 15.7. The Balaban J connectivity index is 0. The summed E-state index contributed by atoms with van der Waals surface area (Å²) in [6.07, 6.45) is 3.96. The Morgan fingerprint density at radius 3 is 1.92 bits per heavy atom. The van der Waals surface area contributed by atoms with Crippen LogP contribution in [0.1, 0.15) is 13.3 Å². The van der Waals surface area contributed by atoms with Gasteiger partial charge in [0.05, 0.1) is 6.42 Å². The molecule has 0 fully saturated rings. The van der Waals surface area contributed by atoms with Gasteiger partial charge in [0, 0.05) is 6.08 Å². The van der Waals surface area contributed by atoms with Crippen molar-refractivity contribution < 1.29 is 19.8 Å². The second kappa shape index (κ2) is 9.42. The van der Waals surface area contributed by atoms with E-state index in [1.165, 1.54) is 12.2 Å². The number of carbonyl (C=O) groups is 2. The lowest BCUT2D eigenvalue weighted by molar-refractivity contribution is -0.136. The lowest BCUT2D eigenvalue weighted by Gasteiger charge is -1.75. The van der Waals surface area contributed by atoms with E-state index in [0.717, 1.165) is 6.08 Å². The second-order valence-corrected chi connectivity index (χ2v) is 1.72. The summed E-state index contributed by atoms with van der Waals surface area (Å²) < 4.78 is 0. The van der Waals surface area contributed by atoms with Gasteiger partial charge in [-0.15, -0.1) is 6.58 Å². The molecule has 0 unspecified atom stereocenters. The minimum atomic E-state index is -0.891. The maximum atomic E-state index is 9.53. The van der Waals surface area contributed by atoms with E-state index < -0.39 is 11.9 Å². The first-order valence-corrected chi connectivity index (χ1v) is 3.22. The Labute approximate surface area is 70.8 Å². The van der Waals surface area contributed by atoms with Crippen molar-refractivity contribution in [2.75, 3.05) is 0 Å². The van der Waals surface area contributed by atoms with Gasteiger partial charge in [0.2, 0.25) is 0 Å². The molecule has 0 aliphatic carbocycles. The van der Waals surface area contributed by atoms with Crippen molar-refractivity contribution >= 4 is 11.9 Å². The smallest absolute Gasteiger partial charge is 0.327 e. The SMILES string of the molecule is C=CCC(=O)O.CC=CC(=O)O. The van der Waals surface area contributed by atoms with Crippen molar-refractivity contribution in [3.63, 3.8) is 0 Å². The summed E-state index contributed by atoms with van der Waals surface area (Å²) in [5.41, 5.74) is 0. The molecule has 0 saturated carbocycles. The highest BCUT2D eigenvalue weighted by atomic mass is 16.4. The van der Waals surface area contributed by atoms with Gasteiger partial charge in [0.25, 0.3) is 0 Å². The third-order valence-corrected chi connectivity index (χ3v) is 0.628. The molecule has 0 spiro atoms. The van der Waals surface area contributed by atoms with Crippen LogP contribution in [0, 0.1) is 0 Å². The third-order valence-electron chi connectivity index (χ3n) is 0.628. The summed E-state index contributed by atoms with van der Waals surface area (Å²) in [7, 11) is 0. The van der Waals surface area contributed by atoms with Gasteiger partial charge >= 0.3 is 11.9 Å². The molecule has 4 nitrogen and oxygen atoms in total. The molecule has 4 heteroatoms. The lowest BCUT2D eigenvalue weighted by Crippen LogP contribution is -1.88. The van der Waals surface area contributed by atoms with Gasteiger partial charge in [-0.25, -0.2) is 4.79 Å². The number of carboxylic acid groups (broad SMARTS) is 2. The number of rotatable bonds is 3. The molecule has 0 heterocycles. The Morgan fingerprint density at radius 2 is 1.92 bits per heavy atom. The highest BCUT2D eigenvalue weighted by Gasteiger charge is 1.84. The zero-order chi connectivity index (χ0) is 9.98. The monoisotopic (exact) mass is 172 g/mol. The van der Waals surface area contributed by atoms with Gasteiger partial charge in [-0.1, -0.05) is 12.2 Å². The van der Waals surface area contributed by atoms with Crippen LogP contribution in [0.2, 0.25) is 0 Å². The van der Waals surface area contributed by atoms with Crippen molar-refractivity contribution in [3.05, 3.63) is 24.8 Å². The van der Waals surface area contributed by atoms with E-state index in [1.54, 1.807) is 6.92 Å². The largest absolute Gasteiger partial charge is 0.481 e. The van der Waals surface area contributed by atoms with E-state index in [0.29, 0.717) is 0 Å². The van der Waals surface area contributed by atoms with Gasteiger partial charge in [-0.2, -0.15) is 0 Å². The first-order valence-electron chi connectivity index (χ1n) is 3.22. The molecule has 0 aromatic heterocycles. The van der Waals surface area contributed by atoms with Crippen molar-refractivity contribution in [2.24, 2.45) is 0 Å². The molecule has 0 saturated heterocycles. The zero-order valence-electron chi connectivity index (χ0n) is 6.86. The maximum absolute atomic E-state index is 9.53.